The molecule has 7 heteroatoms. The Kier molecular flexibility index (Phi) is 6.93. The Morgan fingerprint density at radius 3 is 2.13 bits per heavy atom. The molecule has 0 spiro atoms. The number of benzene rings is 2. The zero-order valence-electron chi connectivity index (χ0n) is 17.1. The molecule has 1 aliphatic carbocycles. The monoisotopic (exact) mass is 420 g/mol. The molecule has 7 nitrogen and oxygen atoms in total. The van der Waals surface area contributed by atoms with Gasteiger partial charge in [-0.05, 0) is 28.7 Å². The number of aliphatic carboxylic acids is 1. The van der Waals surface area contributed by atoms with Crippen molar-refractivity contribution in [3.8, 4) is 23.5 Å². The summed E-state index contributed by atoms with van der Waals surface area (Å²) in [4.78, 5) is 35.9. The minimum Gasteiger partial charge on any atom is -0.480 e. The van der Waals surface area contributed by atoms with Gasteiger partial charge in [0.05, 0.1) is 0 Å². The van der Waals surface area contributed by atoms with Crippen molar-refractivity contribution < 1.29 is 24.2 Å². The highest BCUT2D eigenvalue weighted by molar-refractivity contribution is 5.89. The summed E-state index contributed by atoms with van der Waals surface area (Å²) in [5.74, 6) is 0.381. The van der Waals surface area contributed by atoms with E-state index in [-0.39, 0.29) is 25.4 Å². The van der Waals surface area contributed by atoms with Gasteiger partial charge in [0.25, 0.3) is 0 Å². The average molecular weight is 420 g/mol. The second-order valence-electron chi connectivity index (χ2n) is 7.24. The van der Waals surface area contributed by atoms with E-state index >= 15 is 0 Å². The molecule has 0 heterocycles. The predicted octanol–water partition coefficient (Wildman–Crippen LogP) is 2.90. The number of carboxylic acid groups (broad SMARTS) is 1. The molecule has 160 valence electrons. The third-order valence-corrected chi connectivity index (χ3v) is 5.30. The Balaban J connectivity index is 1.65. The summed E-state index contributed by atoms with van der Waals surface area (Å²) in [7, 11) is 0. The Morgan fingerprint density at radius 2 is 1.61 bits per heavy atom. The van der Waals surface area contributed by atoms with Crippen molar-refractivity contribution in [3.05, 3.63) is 59.7 Å². The van der Waals surface area contributed by atoms with Crippen LogP contribution in [-0.4, -0.2) is 41.8 Å². The molecule has 0 aliphatic heterocycles. The zero-order valence-corrected chi connectivity index (χ0v) is 17.1. The van der Waals surface area contributed by atoms with Crippen LogP contribution < -0.4 is 10.6 Å². The topological polar surface area (TPSA) is 105 Å². The van der Waals surface area contributed by atoms with Gasteiger partial charge in [0, 0.05) is 12.3 Å². The maximum absolute atomic E-state index is 12.4. The highest BCUT2D eigenvalue weighted by Crippen LogP contribution is 2.44. The molecule has 3 N–H and O–H groups in total. The number of alkyl carbamates (subject to hydrolysis) is 1. The molecule has 1 aliphatic rings. The fourth-order valence-corrected chi connectivity index (χ4v) is 3.72. The fraction of sp³-hybridized carbons (Fsp3) is 0.292. The van der Waals surface area contributed by atoms with Crippen LogP contribution in [-0.2, 0) is 14.3 Å². The summed E-state index contributed by atoms with van der Waals surface area (Å²) in [6.07, 6.45) is 4.63. The van der Waals surface area contributed by atoms with Crippen LogP contribution in [0.15, 0.2) is 48.5 Å². The molecule has 0 radical (unpaired) electrons. The van der Waals surface area contributed by atoms with Crippen molar-refractivity contribution in [1.82, 2.24) is 10.6 Å². The first-order valence-electron chi connectivity index (χ1n) is 10.0. The summed E-state index contributed by atoms with van der Waals surface area (Å²) in [5.41, 5.74) is 4.36. The number of amides is 2. The Hall–Kier alpha value is -3.79. The molecule has 31 heavy (non-hydrogen) atoms. The standard InChI is InChI=1S/C24H24N2O5/c1-3-9-21(22(27)25-20(4-2)23(28)29)26-24(30)31-14-19-17-12-7-5-10-15(17)16-11-6-8-13-18(16)19/h1,5-8,10-13,19-21H,4,9,14H2,2H3,(H,25,27)(H,26,30)(H,28,29)/t20-,21?/m0/s1. The highest BCUT2D eigenvalue weighted by atomic mass is 16.5. The molecule has 2 atom stereocenters. The zero-order chi connectivity index (χ0) is 22.4. The van der Waals surface area contributed by atoms with E-state index in [4.69, 9.17) is 16.3 Å². The van der Waals surface area contributed by atoms with E-state index in [0.29, 0.717) is 0 Å². The molecular weight excluding hydrogens is 396 g/mol. The Bertz CT molecular complexity index is 981. The van der Waals surface area contributed by atoms with Crippen molar-refractivity contribution >= 4 is 18.0 Å². The van der Waals surface area contributed by atoms with E-state index in [2.05, 4.69) is 16.6 Å². The number of carboxylic acids is 1. The SMILES string of the molecule is C#CCC(NC(=O)OCC1c2ccccc2-c2ccccc21)C(=O)N[C@@H](CC)C(=O)O. The number of terminal acetylenes is 1. The number of carbonyl (C=O) groups is 3. The minimum absolute atomic E-state index is 0.0912. The van der Waals surface area contributed by atoms with E-state index in [1.165, 1.54) is 0 Å². The molecule has 0 aromatic heterocycles. The van der Waals surface area contributed by atoms with Gasteiger partial charge < -0.3 is 20.5 Å². The van der Waals surface area contributed by atoms with E-state index < -0.39 is 30.1 Å². The van der Waals surface area contributed by atoms with Gasteiger partial charge in [-0.3, -0.25) is 4.79 Å². The van der Waals surface area contributed by atoms with Gasteiger partial charge in [-0.2, -0.15) is 0 Å². The Labute approximate surface area is 180 Å². The summed E-state index contributed by atoms with van der Waals surface area (Å²) < 4.78 is 5.43. The number of hydrogen-bond acceptors (Lipinski definition) is 4. The van der Waals surface area contributed by atoms with Gasteiger partial charge in [-0.1, -0.05) is 55.5 Å². The van der Waals surface area contributed by atoms with Gasteiger partial charge >= 0.3 is 12.1 Å². The van der Waals surface area contributed by atoms with Gasteiger partial charge in [0.15, 0.2) is 0 Å². The molecule has 1 unspecified atom stereocenters. The van der Waals surface area contributed by atoms with Crippen LogP contribution >= 0.6 is 0 Å². The van der Waals surface area contributed by atoms with Gasteiger partial charge in [0.2, 0.25) is 5.91 Å². The maximum atomic E-state index is 12.4. The van der Waals surface area contributed by atoms with E-state index in [9.17, 15) is 14.4 Å². The first-order chi connectivity index (χ1) is 15.0. The van der Waals surface area contributed by atoms with Crippen molar-refractivity contribution in [1.29, 1.82) is 0 Å². The van der Waals surface area contributed by atoms with Crippen molar-refractivity contribution in [3.63, 3.8) is 0 Å². The number of carbonyl (C=O) groups excluding carboxylic acids is 2. The molecule has 2 amide bonds. The van der Waals surface area contributed by atoms with Crippen LogP contribution in [0.1, 0.15) is 36.8 Å². The molecular formula is C24H24N2O5. The molecule has 0 bridgehead atoms. The molecule has 3 rings (SSSR count). The average Bonchev–Trinajstić information content (AvgIpc) is 3.09. The van der Waals surface area contributed by atoms with Crippen molar-refractivity contribution in [2.45, 2.75) is 37.8 Å². The first-order valence-corrected chi connectivity index (χ1v) is 10.0. The summed E-state index contributed by atoms with van der Waals surface area (Å²) in [6.45, 7) is 1.73. The second kappa shape index (κ2) is 9.81. The van der Waals surface area contributed by atoms with Gasteiger partial charge in [-0.15, -0.1) is 12.3 Å². The predicted molar refractivity (Wildman–Crippen MR) is 115 cm³/mol. The van der Waals surface area contributed by atoms with E-state index in [1.54, 1.807) is 6.92 Å². The lowest BCUT2D eigenvalue weighted by Gasteiger charge is -2.20. The summed E-state index contributed by atoms with van der Waals surface area (Å²) in [5, 5.41) is 13.9. The number of rotatable bonds is 8. The number of hydrogen-bond donors (Lipinski definition) is 3. The van der Waals surface area contributed by atoms with Crippen LogP contribution in [0.3, 0.4) is 0 Å². The quantitative estimate of drug-likeness (QED) is 0.570. The Morgan fingerprint density at radius 1 is 1.03 bits per heavy atom. The fourth-order valence-electron chi connectivity index (χ4n) is 3.72. The molecule has 0 fully saturated rings. The van der Waals surface area contributed by atoms with Crippen molar-refractivity contribution in [2.75, 3.05) is 6.61 Å². The number of nitrogens with one attached hydrogen (secondary N) is 2. The smallest absolute Gasteiger partial charge is 0.407 e. The lowest BCUT2D eigenvalue weighted by atomic mass is 9.98. The first kappa shape index (κ1) is 21.9. The lowest BCUT2D eigenvalue weighted by molar-refractivity contribution is -0.142. The maximum Gasteiger partial charge on any atom is 0.407 e. The van der Waals surface area contributed by atoms with Crippen molar-refractivity contribution in [2.24, 2.45) is 0 Å². The van der Waals surface area contributed by atoms with Crippen LogP contribution in [0.4, 0.5) is 4.79 Å². The lowest BCUT2D eigenvalue weighted by Crippen LogP contribution is -2.51. The van der Waals surface area contributed by atoms with Crippen LogP contribution in [0.25, 0.3) is 11.1 Å². The minimum atomic E-state index is -1.16. The van der Waals surface area contributed by atoms with E-state index in [1.807, 2.05) is 48.5 Å². The van der Waals surface area contributed by atoms with E-state index in [0.717, 1.165) is 22.3 Å². The third kappa shape index (κ3) is 4.86. The summed E-state index contributed by atoms with van der Waals surface area (Å²) in [6, 6.07) is 13.8. The molecule has 0 saturated carbocycles. The molecule has 0 saturated heterocycles. The number of fused-ring (bicyclic) bond motifs is 3. The summed E-state index contributed by atoms with van der Waals surface area (Å²) >= 11 is 0. The van der Waals surface area contributed by atoms with Gasteiger partial charge in [0.1, 0.15) is 18.7 Å². The third-order valence-electron chi connectivity index (χ3n) is 5.30. The largest absolute Gasteiger partial charge is 0.480 e. The molecule has 2 aromatic rings. The van der Waals surface area contributed by atoms with Crippen LogP contribution in [0.5, 0.6) is 0 Å². The van der Waals surface area contributed by atoms with Crippen LogP contribution in [0.2, 0.25) is 0 Å². The van der Waals surface area contributed by atoms with Gasteiger partial charge in [-0.25, -0.2) is 9.59 Å². The van der Waals surface area contributed by atoms with Crippen LogP contribution in [0, 0.1) is 12.3 Å². The molecule has 2 aromatic carbocycles. The number of ether oxygens (including phenoxy) is 1. The second-order valence-corrected chi connectivity index (χ2v) is 7.24. The highest BCUT2D eigenvalue weighted by Gasteiger charge is 2.30. The normalized spacial score (nSPS) is 13.8.